The first kappa shape index (κ1) is 11.1. The number of carbonyl (C=O) groups is 1. The van der Waals surface area contributed by atoms with Crippen LogP contribution in [0.2, 0.25) is 0 Å². The number of fused-ring (bicyclic) bond motifs is 1. The second-order valence-corrected chi connectivity index (χ2v) is 3.90. The molecule has 0 bridgehead atoms. The number of amides is 1. The molecule has 1 aromatic rings. The number of aliphatic hydroxyl groups excluding tert-OH is 1. The summed E-state index contributed by atoms with van der Waals surface area (Å²) in [7, 11) is 0. The molecule has 1 N–H and O–H groups in total. The minimum Gasteiger partial charge on any atom is -0.396 e. The Morgan fingerprint density at radius 2 is 2.19 bits per heavy atom. The fourth-order valence-corrected chi connectivity index (χ4v) is 1.98. The van der Waals surface area contributed by atoms with E-state index in [1.807, 2.05) is 0 Å². The molecule has 0 radical (unpaired) electrons. The van der Waals surface area contributed by atoms with Gasteiger partial charge in [0.15, 0.2) is 0 Å². The van der Waals surface area contributed by atoms with Gasteiger partial charge in [-0.3, -0.25) is 4.79 Å². The normalized spacial score (nSPS) is 15.1. The first-order valence-corrected chi connectivity index (χ1v) is 5.42. The van der Waals surface area contributed by atoms with Crippen LogP contribution in [0.1, 0.15) is 18.4 Å². The van der Waals surface area contributed by atoms with Gasteiger partial charge in [-0.1, -0.05) is 6.07 Å². The number of benzene rings is 1. The van der Waals surface area contributed by atoms with Gasteiger partial charge in [0.25, 0.3) is 0 Å². The number of hydrogen-bond donors (Lipinski definition) is 1. The minimum absolute atomic E-state index is 0.00606. The highest BCUT2D eigenvalue weighted by Gasteiger charge is 2.23. The summed E-state index contributed by atoms with van der Waals surface area (Å²) in [5.74, 6) is -0.325. The van der Waals surface area contributed by atoms with E-state index in [1.54, 1.807) is 11.0 Å². The average molecular weight is 223 g/mol. The second kappa shape index (κ2) is 4.61. The standard InChI is InChI=1S/C12H14FNO2/c13-10-4-2-9-3-5-12(16)14(6-1-7-15)11(9)8-10/h2,4,8,15H,1,3,5-7H2. The Hall–Kier alpha value is -1.42. The van der Waals surface area contributed by atoms with Gasteiger partial charge in [0.05, 0.1) is 0 Å². The molecule has 0 aliphatic carbocycles. The van der Waals surface area contributed by atoms with E-state index in [4.69, 9.17) is 5.11 Å². The maximum atomic E-state index is 13.1. The molecule has 0 spiro atoms. The van der Waals surface area contributed by atoms with Gasteiger partial charge in [-0.25, -0.2) is 4.39 Å². The summed E-state index contributed by atoms with van der Waals surface area (Å²) in [6.07, 6.45) is 1.65. The molecule has 0 atom stereocenters. The zero-order chi connectivity index (χ0) is 11.5. The van der Waals surface area contributed by atoms with Crippen LogP contribution in [-0.2, 0) is 11.2 Å². The van der Waals surface area contributed by atoms with E-state index in [0.29, 0.717) is 31.5 Å². The Kier molecular flexibility index (Phi) is 3.19. The van der Waals surface area contributed by atoms with Crippen molar-refractivity contribution in [1.82, 2.24) is 0 Å². The van der Waals surface area contributed by atoms with E-state index < -0.39 is 0 Å². The summed E-state index contributed by atoms with van der Waals surface area (Å²) >= 11 is 0. The van der Waals surface area contributed by atoms with Crippen molar-refractivity contribution in [1.29, 1.82) is 0 Å². The van der Waals surface area contributed by atoms with Gasteiger partial charge in [0, 0.05) is 25.3 Å². The lowest BCUT2D eigenvalue weighted by atomic mass is 10.0. The summed E-state index contributed by atoms with van der Waals surface area (Å²) < 4.78 is 13.1. The van der Waals surface area contributed by atoms with Crippen molar-refractivity contribution in [3.63, 3.8) is 0 Å². The molecule has 86 valence electrons. The maximum absolute atomic E-state index is 13.1. The van der Waals surface area contributed by atoms with E-state index in [-0.39, 0.29) is 18.3 Å². The van der Waals surface area contributed by atoms with Gasteiger partial charge in [-0.05, 0) is 30.5 Å². The summed E-state index contributed by atoms with van der Waals surface area (Å²) in [6.45, 7) is 0.486. The van der Waals surface area contributed by atoms with Gasteiger partial charge in [0.2, 0.25) is 5.91 Å². The highest BCUT2D eigenvalue weighted by Crippen LogP contribution is 2.28. The van der Waals surface area contributed by atoms with Crippen molar-refractivity contribution >= 4 is 11.6 Å². The van der Waals surface area contributed by atoms with Gasteiger partial charge in [-0.15, -0.1) is 0 Å². The number of hydrogen-bond acceptors (Lipinski definition) is 2. The van der Waals surface area contributed by atoms with Crippen LogP contribution in [0.4, 0.5) is 10.1 Å². The van der Waals surface area contributed by atoms with Crippen LogP contribution in [0, 0.1) is 5.82 Å². The lowest BCUT2D eigenvalue weighted by Gasteiger charge is -2.29. The van der Waals surface area contributed by atoms with Crippen LogP contribution in [-0.4, -0.2) is 24.2 Å². The molecule has 3 nitrogen and oxygen atoms in total. The molecule has 0 unspecified atom stereocenters. The zero-order valence-electron chi connectivity index (χ0n) is 8.95. The Morgan fingerprint density at radius 3 is 2.94 bits per heavy atom. The molecule has 1 heterocycles. The molecular formula is C12H14FNO2. The minimum atomic E-state index is -0.331. The maximum Gasteiger partial charge on any atom is 0.227 e. The molecule has 0 aromatic heterocycles. The lowest BCUT2D eigenvalue weighted by molar-refractivity contribution is -0.118. The van der Waals surface area contributed by atoms with Gasteiger partial charge in [0.1, 0.15) is 5.82 Å². The fraction of sp³-hybridized carbons (Fsp3) is 0.417. The summed E-state index contributed by atoms with van der Waals surface area (Å²) in [5.41, 5.74) is 1.66. The topological polar surface area (TPSA) is 40.5 Å². The van der Waals surface area contributed by atoms with Gasteiger partial charge >= 0.3 is 0 Å². The quantitative estimate of drug-likeness (QED) is 0.843. The van der Waals surface area contributed by atoms with Crippen molar-refractivity contribution in [3.05, 3.63) is 29.6 Å². The Bertz CT molecular complexity index is 406. The number of aliphatic hydroxyl groups is 1. The highest BCUT2D eigenvalue weighted by molar-refractivity contribution is 5.96. The molecule has 1 aliphatic rings. The fourth-order valence-electron chi connectivity index (χ4n) is 1.98. The number of rotatable bonds is 3. The van der Waals surface area contributed by atoms with Crippen molar-refractivity contribution < 1.29 is 14.3 Å². The third-order valence-corrected chi connectivity index (χ3v) is 2.79. The summed E-state index contributed by atoms with van der Waals surface area (Å²) in [6, 6.07) is 4.53. The number of nitrogens with zero attached hydrogens (tertiary/aromatic N) is 1. The molecule has 4 heteroatoms. The molecule has 1 aliphatic heterocycles. The van der Waals surface area contributed by atoms with Crippen LogP contribution >= 0.6 is 0 Å². The van der Waals surface area contributed by atoms with E-state index in [9.17, 15) is 9.18 Å². The van der Waals surface area contributed by atoms with Gasteiger partial charge < -0.3 is 10.0 Å². The van der Waals surface area contributed by atoms with Crippen LogP contribution in [0.3, 0.4) is 0 Å². The number of carbonyl (C=O) groups excluding carboxylic acids is 1. The molecular weight excluding hydrogens is 209 g/mol. The predicted molar refractivity (Wildman–Crippen MR) is 58.8 cm³/mol. The largest absolute Gasteiger partial charge is 0.396 e. The lowest BCUT2D eigenvalue weighted by Crippen LogP contribution is -2.36. The van der Waals surface area contributed by atoms with Crippen molar-refractivity contribution in [2.75, 3.05) is 18.1 Å². The smallest absolute Gasteiger partial charge is 0.227 e. The molecule has 1 amide bonds. The summed E-state index contributed by atoms with van der Waals surface area (Å²) in [5, 5.41) is 8.77. The molecule has 1 aromatic carbocycles. The van der Waals surface area contributed by atoms with Crippen LogP contribution in [0.5, 0.6) is 0 Å². The van der Waals surface area contributed by atoms with Crippen LogP contribution in [0.15, 0.2) is 18.2 Å². The second-order valence-electron chi connectivity index (χ2n) is 3.90. The zero-order valence-corrected chi connectivity index (χ0v) is 8.95. The van der Waals surface area contributed by atoms with Crippen molar-refractivity contribution in [3.8, 4) is 0 Å². The Labute approximate surface area is 93.5 Å². The van der Waals surface area contributed by atoms with Crippen LogP contribution in [0.25, 0.3) is 0 Å². The SMILES string of the molecule is O=C1CCc2ccc(F)cc2N1CCCO. The van der Waals surface area contributed by atoms with Crippen molar-refractivity contribution in [2.24, 2.45) is 0 Å². The van der Waals surface area contributed by atoms with Gasteiger partial charge in [-0.2, -0.15) is 0 Å². The van der Waals surface area contributed by atoms with E-state index in [2.05, 4.69) is 0 Å². The van der Waals surface area contributed by atoms with Crippen LogP contribution < -0.4 is 4.90 Å². The van der Waals surface area contributed by atoms with E-state index in [0.717, 1.165) is 5.56 Å². The Balaban J connectivity index is 2.31. The number of halogens is 1. The first-order valence-electron chi connectivity index (χ1n) is 5.42. The monoisotopic (exact) mass is 223 g/mol. The molecule has 0 fully saturated rings. The third kappa shape index (κ3) is 2.07. The first-order chi connectivity index (χ1) is 7.72. The molecule has 16 heavy (non-hydrogen) atoms. The van der Waals surface area contributed by atoms with E-state index >= 15 is 0 Å². The number of anilines is 1. The molecule has 0 saturated heterocycles. The summed E-state index contributed by atoms with van der Waals surface area (Å²) in [4.78, 5) is 13.3. The molecule has 2 rings (SSSR count). The highest BCUT2D eigenvalue weighted by atomic mass is 19.1. The van der Waals surface area contributed by atoms with E-state index in [1.165, 1.54) is 12.1 Å². The third-order valence-electron chi connectivity index (χ3n) is 2.79. The molecule has 0 saturated carbocycles. The van der Waals surface area contributed by atoms with Crippen molar-refractivity contribution in [2.45, 2.75) is 19.3 Å². The Morgan fingerprint density at radius 1 is 1.38 bits per heavy atom. The number of aryl methyl sites for hydroxylation is 1. The average Bonchev–Trinajstić information content (AvgIpc) is 2.28. The predicted octanol–water partition coefficient (Wildman–Crippen LogP) is 1.49.